The number of hydrogen-bond donors (Lipinski definition) is 1. The van der Waals surface area contributed by atoms with Crippen LogP contribution < -0.4 is 0 Å². The number of aromatic nitrogens is 2. The van der Waals surface area contributed by atoms with Crippen LogP contribution in [0.4, 0.5) is 0 Å². The zero-order valence-corrected chi connectivity index (χ0v) is 14.6. The Kier molecular flexibility index (Phi) is 4.88. The van der Waals surface area contributed by atoms with E-state index in [0.29, 0.717) is 18.8 Å². The molecule has 1 aliphatic heterocycles. The lowest BCUT2D eigenvalue weighted by molar-refractivity contribution is -0.133. The van der Waals surface area contributed by atoms with Crippen molar-refractivity contribution in [3.8, 4) is 0 Å². The van der Waals surface area contributed by atoms with Gasteiger partial charge in [0, 0.05) is 13.1 Å². The van der Waals surface area contributed by atoms with Crippen molar-refractivity contribution in [2.45, 2.75) is 38.6 Å². The van der Waals surface area contributed by atoms with E-state index in [0.717, 1.165) is 18.4 Å². The van der Waals surface area contributed by atoms with Gasteiger partial charge in [-0.25, -0.2) is 4.79 Å². The van der Waals surface area contributed by atoms with E-state index < -0.39 is 5.97 Å². The van der Waals surface area contributed by atoms with E-state index in [-0.39, 0.29) is 23.4 Å². The van der Waals surface area contributed by atoms with Gasteiger partial charge in [0.05, 0.1) is 23.9 Å². The number of piperidine rings is 1. The summed E-state index contributed by atoms with van der Waals surface area (Å²) in [5, 5.41) is 13.4. The van der Waals surface area contributed by atoms with Gasteiger partial charge in [-0.05, 0) is 32.3 Å². The number of carbonyl (C=O) groups is 2. The molecule has 2 aromatic rings. The normalized spacial score (nSPS) is 16.6. The third-order valence-electron chi connectivity index (χ3n) is 5.07. The molecule has 1 aromatic heterocycles. The lowest BCUT2D eigenvalue weighted by Crippen LogP contribution is -2.41. The minimum atomic E-state index is -0.951. The minimum absolute atomic E-state index is 0.143. The topological polar surface area (TPSA) is 75.4 Å². The monoisotopic (exact) mass is 341 g/mol. The Morgan fingerprint density at radius 3 is 2.40 bits per heavy atom. The Hall–Kier alpha value is -2.63. The van der Waals surface area contributed by atoms with Crippen molar-refractivity contribution in [3.63, 3.8) is 0 Å². The summed E-state index contributed by atoms with van der Waals surface area (Å²) in [6, 6.07) is 9.96. The van der Waals surface area contributed by atoms with Gasteiger partial charge in [-0.2, -0.15) is 5.10 Å². The quantitative estimate of drug-likeness (QED) is 0.928. The molecular formula is C19H23N3O3. The van der Waals surface area contributed by atoms with Crippen LogP contribution in [-0.2, 0) is 4.79 Å². The molecule has 132 valence electrons. The van der Waals surface area contributed by atoms with Crippen molar-refractivity contribution in [1.82, 2.24) is 14.7 Å². The minimum Gasteiger partial charge on any atom is -0.478 e. The summed E-state index contributed by atoms with van der Waals surface area (Å²) in [5.41, 5.74) is 1.95. The first-order valence-corrected chi connectivity index (χ1v) is 8.60. The second-order valence-corrected chi connectivity index (χ2v) is 6.58. The highest BCUT2D eigenvalue weighted by Crippen LogP contribution is 2.27. The van der Waals surface area contributed by atoms with Crippen LogP contribution in [0.2, 0.25) is 0 Å². The number of hydrogen-bond acceptors (Lipinski definition) is 3. The predicted molar refractivity (Wildman–Crippen MR) is 93.6 cm³/mol. The first-order valence-electron chi connectivity index (χ1n) is 8.60. The summed E-state index contributed by atoms with van der Waals surface area (Å²) in [6.07, 6.45) is 2.98. The van der Waals surface area contributed by atoms with Crippen molar-refractivity contribution in [1.29, 1.82) is 0 Å². The highest BCUT2D eigenvalue weighted by atomic mass is 16.4. The lowest BCUT2D eigenvalue weighted by Gasteiger charge is -2.34. The Morgan fingerprint density at radius 1 is 1.20 bits per heavy atom. The molecule has 25 heavy (non-hydrogen) atoms. The van der Waals surface area contributed by atoms with Gasteiger partial charge in [0.25, 0.3) is 0 Å². The number of aromatic carboxylic acids is 1. The molecular weight excluding hydrogens is 318 g/mol. The van der Waals surface area contributed by atoms with Gasteiger partial charge in [-0.1, -0.05) is 30.3 Å². The average molecular weight is 341 g/mol. The molecule has 0 radical (unpaired) electrons. The van der Waals surface area contributed by atoms with Gasteiger partial charge in [-0.3, -0.25) is 9.48 Å². The van der Waals surface area contributed by atoms with Crippen LogP contribution in [0.25, 0.3) is 0 Å². The average Bonchev–Trinajstić information content (AvgIpc) is 3.03. The summed E-state index contributed by atoms with van der Waals surface area (Å²) in [6.45, 7) is 5.07. The second-order valence-electron chi connectivity index (χ2n) is 6.58. The Balaban J connectivity index is 1.64. The van der Waals surface area contributed by atoms with Crippen LogP contribution in [-0.4, -0.2) is 44.8 Å². The summed E-state index contributed by atoms with van der Waals surface area (Å²) in [7, 11) is 0. The Morgan fingerprint density at radius 2 is 1.84 bits per heavy atom. The zero-order chi connectivity index (χ0) is 18.0. The number of amides is 1. The Bertz CT molecular complexity index is 761. The molecule has 0 saturated carbocycles. The molecule has 6 heteroatoms. The van der Waals surface area contributed by atoms with Gasteiger partial charge in [0.2, 0.25) is 5.91 Å². The number of likely N-dealkylation sites (tertiary alicyclic amines) is 1. The first kappa shape index (κ1) is 17.2. The molecule has 1 atom stereocenters. The van der Waals surface area contributed by atoms with Crippen LogP contribution in [0, 0.1) is 6.92 Å². The predicted octanol–water partition coefficient (Wildman–Crippen LogP) is 2.86. The summed E-state index contributed by atoms with van der Waals surface area (Å²) < 4.78 is 1.80. The third kappa shape index (κ3) is 3.43. The van der Waals surface area contributed by atoms with E-state index in [9.17, 15) is 9.59 Å². The summed E-state index contributed by atoms with van der Waals surface area (Å²) in [4.78, 5) is 25.8. The first-order chi connectivity index (χ1) is 12.0. The van der Waals surface area contributed by atoms with Gasteiger partial charge < -0.3 is 10.0 Å². The molecule has 0 unspecified atom stereocenters. The molecule has 0 aliphatic carbocycles. The van der Waals surface area contributed by atoms with E-state index in [1.807, 2.05) is 42.2 Å². The van der Waals surface area contributed by atoms with E-state index in [1.165, 1.54) is 6.20 Å². The number of nitrogens with zero attached hydrogens (tertiary/aromatic N) is 3. The molecule has 6 nitrogen and oxygen atoms in total. The van der Waals surface area contributed by atoms with Gasteiger partial charge >= 0.3 is 5.97 Å². The number of rotatable bonds is 4. The summed E-state index contributed by atoms with van der Waals surface area (Å²) in [5.74, 6) is -0.955. The van der Waals surface area contributed by atoms with Crippen LogP contribution in [0.1, 0.15) is 53.3 Å². The van der Waals surface area contributed by atoms with Crippen molar-refractivity contribution >= 4 is 11.9 Å². The maximum atomic E-state index is 12.7. The standard InChI is InChI=1S/C19H23N3O3/c1-13(15-6-4-3-5-7-15)18(23)21-10-8-16(9-11-21)22-14(2)17(12-20-22)19(24)25/h3-7,12-13,16H,8-11H2,1-2H3,(H,24,25)/t13-/m1/s1. The number of carboxylic acid groups (broad SMARTS) is 1. The highest BCUT2D eigenvalue weighted by Gasteiger charge is 2.29. The molecule has 1 fully saturated rings. The fourth-order valence-corrected chi connectivity index (χ4v) is 3.49. The van der Waals surface area contributed by atoms with Crippen LogP contribution >= 0.6 is 0 Å². The molecule has 1 N–H and O–H groups in total. The molecule has 3 rings (SSSR count). The summed E-state index contributed by atoms with van der Waals surface area (Å²) >= 11 is 0. The molecule has 1 aliphatic rings. The van der Waals surface area contributed by atoms with Gasteiger partial charge in [-0.15, -0.1) is 0 Å². The molecule has 0 spiro atoms. The maximum Gasteiger partial charge on any atom is 0.339 e. The van der Waals surface area contributed by atoms with Crippen molar-refractivity contribution in [2.75, 3.05) is 13.1 Å². The van der Waals surface area contributed by atoms with Crippen LogP contribution in [0.3, 0.4) is 0 Å². The molecule has 1 saturated heterocycles. The molecule has 2 heterocycles. The maximum absolute atomic E-state index is 12.7. The van der Waals surface area contributed by atoms with Gasteiger partial charge in [0.1, 0.15) is 5.56 Å². The third-order valence-corrected chi connectivity index (χ3v) is 5.07. The number of benzene rings is 1. The highest BCUT2D eigenvalue weighted by molar-refractivity contribution is 5.88. The lowest BCUT2D eigenvalue weighted by atomic mass is 9.97. The van der Waals surface area contributed by atoms with Crippen LogP contribution in [0.5, 0.6) is 0 Å². The van der Waals surface area contributed by atoms with E-state index in [4.69, 9.17) is 5.11 Å². The molecule has 0 bridgehead atoms. The number of carbonyl (C=O) groups excluding carboxylic acids is 1. The van der Waals surface area contributed by atoms with Gasteiger partial charge in [0.15, 0.2) is 0 Å². The van der Waals surface area contributed by atoms with Crippen LogP contribution in [0.15, 0.2) is 36.5 Å². The fraction of sp³-hybridized carbons (Fsp3) is 0.421. The largest absolute Gasteiger partial charge is 0.478 e. The Labute approximate surface area is 147 Å². The van der Waals surface area contributed by atoms with E-state index in [2.05, 4.69) is 5.10 Å². The zero-order valence-electron chi connectivity index (χ0n) is 14.6. The SMILES string of the molecule is Cc1c(C(=O)O)cnn1C1CCN(C(=O)[C@H](C)c2ccccc2)CC1. The molecule has 1 aromatic carbocycles. The number of carboxylic acids is 1. The van der Waals surface area contributed by atoms with Crippen molar-refractivity contribution in [3.05, 3.63) is 53.3 Å². The smallest absolute Gasteiger partial charge is 0.339 e. The van der Waals surface area contributed by atoms with E-state index in [1.54, 1.807) is 11.6 Å². The van der Waals surface area contributed by atoms with Crippen molar-refractivity contribution < 1.29 is 14.7 Å². The second kappa shape index (κ2) is 7.09. The molecule has 1 amide bonds. The van der Waals surface area contributed by atoms with E-state index >= 15 is 0 Å². The van der Waals surface area contributed by atoms with Crippen molar-refractivity contribution in [2.24, 2.45) is 0 Å². The fourth-order valence-electron chi connectivity index (χ4n) is 3.49.